The van der Waals surface area contributed by atoms with Crippen molar-refractivity contribution in [3.8, 4) is 0 Å². The number of hydrogen-bond acceptors (Lipinski definition) is 4. The van der Waals surface area contributed by atoms with E-state index >= 15 is 0 Å². The summed E-state index contributed by atoms with van der Waals surface area (Å²) in [6.07, 6.45) is 0. The number of nitrogens with one attached hydrogen (secondary N) is 1. The van der Waals surface area contributed by atoms with Crippen LogP contribution in [-0.4, -0.2) is 20.1 Å². The van der Waals surface area contributed by atoms with Crippen molar-refractivity contribution in [3.63, 3.8) is 0 Å². The van der Waals surface area contributed by atoms with Gasteiger partial charge in [-0.15, -0.1) is 0 Å². The van der Waals surface area contributed by atoms with Crippen LogP contribution in [0.15, 0.2) is 51.8 Å². The molecule has 0 heterocycles. The van der Waals surface area contributed by atoms with Crippen LogP contribution in [0.4, 0.5) is 4.39 Å². The molecule has 0 aliphatic rings. The first-order valence-corrected chi connectivity index (χ1v) is 8.61. The standard InChI is InChI=1S/C15H11BrFNO4S/c1-9(19)10-2-5-12(6-3-10)23(21,22)18-15(20)13-7-4-11(16)8-14(13)17/h2-8H,1H3,(H,18,20). The van der Waals surface area contributed by atoms with Gasteiger partial charge in [-0.2, -0.15) is 0 Å². The molecular formula is C15H11BrFNO4S. The molecule has 0 bridgehead atoms. The van der Waals surface area contributed by atoms with Crippen molar-refractivity contribution >= 4 is 37.6 Å². The van der Waals surface area contributed by atoms with Gasteiger partial charge in [0.25, 0.3) is 15.9 Å². The van der Waals surface area contributed by atoms with Crippen LogP contribution in [0.2, 0.25) is 0 Å². The van der Waals surface area contributed by atoms with Gasteiger partial charge >= 0.3 is 0 Å². The quantitative estimate of drug-likeness (QED) is 0.801. The minimum Gasteiger partial charge on any atom is -0.295 e. The van der Waals surface area contributed by atoms with Crippen LogP contribution < -0.4 is 4.72 Å². The molecule has 120 valence electrons. The van der Waals surface area contributed by atoms with Gasteiger partial charge in [0.15, 0.2) is 5.78 Å². The van der Waals surface area contributed by atoms with Gasteiger partial charge in [-0.3, -0.25) is 9.59 Å². The van der Waals surface area contributed by atoms with Crippen molar-refractivity contribution in [3.05, 3.63) is 63.9 Å². The first kappa shape index (κ1) is 17.3. The topological polar surface area (TPSA) is 80.3 Å². The normalized spacial score (nSPS) is 11.1. The first-order valence-electron chi connectivity index (χ1n) is 6.34. The lowest BCUT2D eigenvalue weighted by Gasteiger charge is -2.08. The molecule has 8 heteroatoms. The Morgan fingerprint density at radius 3 is 2.22 bits per heavy atom. The Kier molecular flexibility index (Phi) is 4.96. The summed E-state index contributed by atoms with van der Waals surface area (Å²) in [6, 6.07) is 8.72. The molecule has 0 radical (unpaired) electrons. The average molecular weight is 400 g/mol. The number of amides is 1. The Balaban J connectivity index is 2.26. The van der Waals surface area contributed by atoms with Gasteiger partial charge in [0.1, 0.15) is 5.82 Å². The number of hydrogen-bond donors (Lipinski definition) is 1. The Morgan fingerprint density at radius 2 is 1.70 bits per heavy atom. The summed E-state index contributed by atoms with van der Waals surface area (Å²) in [6.45, 7) is 1.35. The fraction of sp³-hybridized carbons (Fsp3) is 0.0667. The van der Waals surface area contributed by atoms with Gasteiger partial charge in [0.05, 0.1) is 10.5 Å². The Labute approximate surface area is 140 Å². The highest BCUT2D eigenvalue weighted by Crippen LogP contribution is 2.16. The van der Waals surface area contributed by atoms with Crippen LogP contribution >= 0.6 is 15.9 Å². The molecule has 0 aromatic heterocycles. The van der Waals surface area contributed by atoms with E-state index in [1.165, 1.54) is 43.3 Å². The second kappa shape index (κ2) is 6.59. The van der Waals surface area contributed by atoms with Crippen LogP contribution in [0.25, 0.3) is 0 Å². The molecular weight excluding hydrogens is 389 g/mol. The molecule has 0 fully saturated rings. The van der Waals surface area contributed by atoms with Crippen molar-refractivity contribution in [2.24, 2.45) is 0 Å². The first-order chi connectivity index (χ1) is 10.7. The number of Topliss-reactive ketones (excluding diaryl/α,β-unsaturated/α-hetero) is 1. The molecule has 1 amide bonds. The van der Waals surface area contributed by atoms with E-state index < -0.39 is 27.3 Å². The largest absolute Gasteiger partial charge is 0.295 e. The third kappa shape index (κ3) is 4.02. The number of carbonyl (C=O) groups excluding carboxylic acids is 2. The molecule has 0 unspecified atom stereocenters. The lowest BCUT2D eigenvalue weighted by Crippen LogP contribution is -2.31. The van der Waals surface area contributed by atoms with Gasteiger partial charge in [-0.05, 0) is 37.3 Å². The predicted molar refractivity (Wildman–Crippen MR) is 85.2 cm³/mol. The fourth-order valence-electron chi connectivity index (χ4n) is 1.78. The number of carbonyl (C=O) groups is 2. The molecule has 0 spiro atoms. The summed E-state index contributed by atoms with van der Waals surface area (Å²) in [7, 11) is -4.17. The predicted octanol–water partition coefficient (Wildman–Crippen LogP) is 2.91. The van der Waals surface area contributed by atoms with Crippen LogP contribution in [0, 0.1) is 5.82 Å². The number of benzene rings is 2. The zero-order chi connectivity index (χ0) is 17.2. The van der Waals surface area contributed by atoms with E-state index in [1.807, 2.05) is 0 Å². The third-order valence-electron chi connectivity index (χ3n) is 2.97. The maximum Gasteiger partial charge on any atom is 0.267 e. The lowest BCUT2D eigenvalue weighted by molar-refractivity contribution is 0.0975. The molecule has 1 N–H and O–H groups in total. The molecule has 5 nitrogen and oxygen atoms in total. The van der Waals surface area contributed by atoms with Gasteiger partial charge in [-0.25, -0.2) is 17.5 Å². The van der Waals surface area contributed by atoms with Crippen LogP contribution in [0.1, 0.15) is 27.6 Å². The van der Waals surface area contributed by atoms with Crippen LogP contribution in [-0.2, 0) is 10.0 Å². The van der Waals surface area contributed by atoms with Crippen LogP contribution in [0.5, 0.6) is 0 Å². The Morgan fingerprint density at radius 1 is 1.09 bits per heavy atom. The highest BCUT2D eigenvalue weighted by molar-refractivity contribution is 9.10. The molecule has 0 atom stereocenters. The van der Waals surface area contributed by atoms with Crippen molar-refractivity contribution in [2.45, 2.75) is 11.8 Å². The van der Waals surface area contributed by atoms with Crippen molar-refractivity contribution in [2.75, 3.05) is 0 Å². The van der Waals surface area contributed by atoms with Gasteiger partial charge in [0, 0.05) is 10.0 Å². The van der Waals surface area contributed by atoms with Gasteiger partial charge < -0.3 is 0 Å². The summed E-state index contributed by atoms with van der Waals surface area (Å²) < 4.78 is 40.2. The monoisotopic (exact) mass is 399 g/mol. The molecule has 0 aliphatic carbocycles. The van der Waals surface area contributed by atoms with Gasteiger partial charge in [0.2, 0.25) is 0 Å². The lowest BCUT2D eigenvalue weighted by atomic mass is 10.2. The van der Waals surface area contributed by atoms with E-state index in [4.69, 9.17) is 0 Å². The smallest absolute Gasteiger partial charge is 0.267 e. The Bertz CT molecular complexity index is 879. The summed E-state index contributed by atoms with van der Waals surface area (Å²) >= 11 is 3.04. The minimum atomic E-state index is -4.17. The zero-order valence-electron chi connectivity index (χ0n) is 11.8. The van der Waals surface area contributed by atoms with E-state index in [9.17, 15) is 22.4 Å². The highest BCUT2D eigenvalue weighted by Gasteiger charge is 2.21. The summed E-state index contributed by atoms with van der Waals surface area (Å²) in [5, 5.41) is 0. The number of ketones is 1. The molecule has 2 aromatic rings. The third-order valence-corrected chi connectivity index (χ3v) is 4.81. The second-order valence-corrected chi connectivity index (χ2v) is 7.24. The SMILES string of the molecule is CC(=O)c1ccc(S(=O)(=O)NC(=O)c2ccc(Br)cc2F)cc1. The van der Waals surface area contributed by atoms with E-state index in [2.05, 4.69) is 15.9 Å². The molecule has 23 heavy (non-hydrogen) atoms. The van der Waals surface area contributed by atoms with Crippen molar-refractivity contribution in [1.29, 1.82) is 0 Å². The summed E-state index contributed by atoms with van der Waals surface area (Å²) in [4.78, 5) is 22.9. The summed E-state index contributed by atoms with van der Waals surface area (Å²) in [5.74, 6) is -2.14. The maximum atomic E-state index is 13.7. The molecule has 0 aliphatic heterocycles. The highest BCUT2D eigenvalue weighted by atomic mass is 79.9. The van der Waals surface area contributed by atoms with Crippen molar-refractivity contribution in [1.82, 2.24) is 4.72 Å². The van der Waals surface area contributed by atoms with E-state index in [-0.39, 0.29) is 10.7 Å². The zero-order valence-corrected chi connectivity index (χ0v) is 14.2. The second-order valence-electron chi connectivity index (χ2n) is 4.64. The van der Waals surface area contributed by atoms with E-state index in [0.717, 1.165) is 6.07 Å². The average Bonchev–Trinajstić information content (AvgIpc) is 2.46. The van der Waals surface area contributed by atoms with Crippen LogP contribution in [0.3, 0.4) is 0 Å². The molecule has 2 aromatic carbocycles. The Hall–Kier alpha value is -2.06. The molecule has 0 saturated carbocycles. The van der Waals surface area contributed by atoms with E-state index in [1.54, 1.807) is 4.72 Å². The number of rotatable bonds is 4. The van der Waals surface area contributed by atoms with E-state index in [0.29, 0.717) is 10.0 Å². The minimum absolute atomic E-state index is 0.201. The van der Waals surface area contributed by atoms with Crippen molar-refractivity contribution < 1.29 is 22.4 Å². The maximum absolute atomic E-state index is 13.7. The number of halogens is 2. The fourth-order valence-corrected chi connectivity index (χ4v) is 3.08. The molecule has 2 rings (SSSR count). The summed E-state index contributed by atoms with van der Waals surface area (Å²) in [5.41, 5.74) is -0.0497. The molecule has 0 saturated heterocycles. The van der Waals surface area contributed by atoms with Gasteiger partial charge in [-0.1, -0.05) is 28.1 Å². The number of sulfonamides is 1.